The first-order valence-electron chi connectivity index (χ1n) is 6.45. The molecule has 19 heavy (non-hydrogen) atoms. The molecule has 0 amide bonds. The van der Waals surface area contributed by atoms with Gasteiger partial charge in [-0.25, -0.2) is 9.97 Å². The summed E-state index contributed by atoms with van der Waals surface area (Å²) in [4.78, 5) is 9.07. The predicted octanol–water partition coefficient (Wildman–Crippen LogP) is 4.19. The number of rotatable bonds is 4. The number of hydrogen-bond acceptors (Lipinski definition) is 3. The maximum atomic E-state index is 4.63. The van der Waals surface area contributed by atoms with Gasteiger partial charge in [-0.3, -0.25) is 0 Å². The number of hydrogen-bond donors (Lipinski definition) is 1. The van der Waals surface area contributed by atoms with Crippen molar-refractivity contribution in [3.63, 3.8) is 0 Å². The maximum Gasteiger partial charge on any atom is 0.161 e. The SMILES string of the molecule is CCCNc1nc(-c2cc(C)cc(C)c2)ncc1I. The molecule has 1 aromatic carbocycles. The molecule has 0 aliphatic rings. The lowest BCUT2D eigenvalue weighted by Gasteiger charge is -2.09. The Morgan fingerprint density at radius 3 is 2.47 bits per heavy atom. The van der Waals surface area contributed by atoms with E-state index in [1.807, 2.05) is 6.20 Å². The standard InChI is InChI=1S/C15H18IN3/c1-4-5-17-15-13(16)9-18-14(19-15)12-7-10(2)6-11(3)8-12/h6-9H,4-5H2,1-3H3,(H,17,18,19). The summed E-state index contributed by atoms with van der Waals surface area (Å²) in [5.41, 5.74) is 3.55. The lowest BCUT2D eigenvalue weighted by atomic mass is 10.1. The maximum absolute atomic E-state index is 4.63. The zero-order valence-corrected chi connectivity index (χ0v) is 13.7. The minimum absolute atomic E-state index is 0.783. The van der Waals surface area contributed by atoms with Crippen molar-refractivity contribution in [1.29, 1.82) is 0 Å². The molecule has 0 aliphatic heterocycles. The van der Waals surface area contributed by atoms with E-state index in [1.165, 1.54) is 11.1 Å². The third kappa shape index (κ3) is 3.65. The van der Waals surface area contributed by atoms with Crippen molar-refractivity contribution in [3.05, 3.63) is 39.1 Å². The minimum Gasteiger partial charge on any atom is -0.369 e. The van der Waals surface area contributed by atoms with E-state index in [2.05, 4.69) is 76.8 Å². The largest absolute Gasteiger partial charge is 0.369 e. The first-order chi connectivity index (χ1) is 9.10. The molecule has 0 saturated carbocycles. The van der Waals surface area contributed by atoms with Crippen LogP contribution in [0.1, 0.15) is 24.5 Å². The second-order valence-corrected chi connectivity index (χ2v) is 5.86. The molecule has 0 saturated heterocycles. The van der Waals surface area contributed by atoms with Crippen molar-refractivity contribution < 1.29 is 0 Å². The fourth-order valence-corrected chi connectivity index (χ4v) is 2.43. The summed E-state index contributed by atoms with van der Waals surface area (Å²) in [7, 11) is 0. The van der Waals surface area contributed by atoms with Crippen molar-refractivity contribution >= 4 is 28.4 Å². The summed E-state index contributed by atoms with van der Waals surface area (Å²) in [6.07, 6.45) is 2.96. The summed E-state index contributed by atoms with van der Waals surface area (Å²) in [6.45, 7) is 7.27. The monoisotopic (exact) mass is 367 g/mol. The fourth-order valence-electron chi connectivity index (χ4n) is 1.98. The molecule has 0 fully saturated rings. The van der Waals surface area contributed by atoms with Crippen LogP contribution in [0.25, 0.3) is 11.4 Å². The van der Waals surface area contributed by atoms with E-state index in [9.17, 15) is 0 Å². The van der Waals surface area contributed by atoms with E-state index in [0.717, 1.165) is 33.7 Å². The number of nitrogens with zero attached hydrogens (tertiary/aromatic N) is 2. The van der Waals surface area contributed by atoms with Crippen molar-refractivity contribution in [1.82, 2.24) is 9.97 Å². The van der Waals surface area contributed by atoms with Gasteiger partial charge in [0.1, 0.15) is 5.82 Å². The smallest absolute Gasteiger partial charge is 0.161 e. The van der Waals surface area contributed by atoms with E-state index < -0.39 is 0 Å². The highest BCUT2D eigenvalue weighted by molar-refractivity contribution is 14.1. The Hall–Kier alpha value is -1.17. The Kier molecular flexibility index (Phi) is 4.74. The van der Waals surface area contributed by atoms with Crippen molar-refractivity contribution in [3.8, 4) is 11.4 Å². The molecule has 1 N–H and O–H groups in total. The summed E-state index contributed by atoms with van der Waals surface area (Å²) < 4.78 is 1.05. The second kappa shape index (κ2) is 6.32. The summed E-state index contributed by atoms with van der Waals surface area (Å²) >= 11 is 2.26. The van der Waals surface area contributed by atoms with E-state index >= 15 is 0 Å². The molecule has 1 aromatic heterocycles. The van der Waals surface area contributed by atoms with Crippen LogP contribution in [0.15, 0.2) is 24.4 Å². The molecule has 1 heterocycles. The topological polar surface area (TPSA) is 37.8 Å². The molecule has 4 heteroatoms. The van der Waals surface area contributed by atoms with Gasteiger partial charge in [-0.2, -0.15) is 0 Å². The molecule has 0 aliphatic carbocycles. The van der Waals surface area contributed by atoms with Crippen LogP contribution in [-0.4, -0.2) is 16.5 Å². The second-order valence-electron chi connectivity index (χ2n) is 4.69. The van der Waals surface area contributed by atoms with Gasteiger partial charge >= 0.3 is 0 Å². The van der Waals surface area contributed by atoms with E-state index in [4.69, 9.17) is 0 Å². The summed E-state index contributed by atoms with van der Waals surface area (Å²) in [5, 5.41) is 3.34. The fraction of sp³-hybridized carbons (Fsp3) is 0.333. The van der Waals surface area contributed by atoms with Gasteiger partial charge in [0.05, 0.1) is 3.57 Å². The third-order valence-electron chi connectivity index (χ3n) is 2.77. The molecule has 0 atom stereocenters. The van der Waals surface area contributed by atoms with Crippen molar-refractivity contribution in [2.75, 3.05) is 11.9 Å². The zero-order valence-electron chi connectivity index (χ0n) is 11.5. The van der Waals surface area contributed by atoms with Crippen LogP contribution in [0.5, 0.6) is 0 Å². The average molecular weight is 367 g/mol. The molecule has 0 bridgehead atoms. The molecule has 0 unspecified atom stereocenters. The number of aryl methyl sites for hydroxylation is 2. The van der Waals surface area contributed by atoms with Crippen LogP contribution in [0, 0.1) is 17.4 Å². The van der Waals surface area contributed by atoms with E-state index in [-0.39, 0.29) is 0 Å². The molecule has 0 radical (unpaired) electrons. The van der Waals surface area contributed by atoms with Crippen molar-refractivity contribution in [2.45, 2.75) is 27.2 Å². The van der Waals surface area contributed by atoms with Gasteiger partial charge in [0, 0.05) is 18.3 Å². The molecular weight excluding hydrogens is 349 g/mol. The van der Waals surface area contributed by atoms with Crippen LogP contribution >= 0.6 is 22.6 Å². The molecular formula is C15H18IN3. The number of nitrogens with one attached hydrogen (secondary N) is 1. The van der Waals surface area contributed by atoms with Gasteiger partial charge in [0.2, 0.25) is 0 Å². The molecule has 3 nitrogen and oxygen atoms in total. The van der Waals surface area contributed by atoms with Crippen molar-refractivity contribution in [2.24, 2.45) is 0 Å². The van der Waals surface area contributed by atoms with E-state index in [1.54, 1.807) is 0 Å². The Bertz CT molecular complexity index is 561. The van der Waals surface area contributed by atoms with E-state index in [0.29, 0.717) is 0 Å². The number of anilines is 1. The Morgan fingerprint density at radius 1 is 1.16 bits per heavy atom. The van der Waals surface area contributed by atoms with Crippen LogP contribution in [0.2, 0.25) is 0 Å². The number of aromatic nitrogens is 2. The molecule has 100 valence electrons. The predicted molar refractivity (Wildman–Crippen MR) is 88.4 cm³/mol. The van der Waals surface area contributed by atoms with Gasteiger partial charge in [-0.15, -0.1) is 0 Å². The van der Waals surface area contributed by atoms with Gasteiger partial charge in [0.25, 0.3) is 0 Å². The third-order valence-corrected chi connectivity index (χ3v) is 3.56. The highest BCUT2D eigenvalue weighted by Crippen LogP contribution is 2.22. The highest BCUT2D eigenvalue weighted by Gasteiger charge is 2.07. The molecule has 2 aromatic rings. The number of halogens is 1. The van der Waals surface area contributed by atoms with Gasteiger partial charge in [0.15, 0.2) is 5.82 Å². The Balaban J connectivity index is 2.39. The van der Waals surface area contributed by atoms with Crippen LogP contribution < -0.4 is 5.32 Å². The van der Waals surface area contributed by atoms with Crippen LogP contribution in [-0.2, 0) is 0 Å². The van der Waals surface area contributed by atoms with Gasteiger partial charge in [-0.1, -0.05) is 24.1 Å². The Labute approximate surface area is 128 Å². The minimum atomic E-state index is 0.783. The first kappa shape index (κ1) is 14.2. The lowest BCUT2D eigenvalue weighted by Crippen LogP contribution is -2.05. The summed E-state index contributed by atoms with van der Waals surface area (Å²) in [5.74, 6) is 1.71. The summed E-state index contributed by atoms with van der Waals surface area (Å²) in [6, 6.07) is 6.41. The highest BCUT2D eigenvalue weighted by atomic mass is 127. The average Bonchev–Trinajstić information content (AvgIpc) is 2.36. The normalized spacial score (nSPS) is 10.5. The lowest BCUT2D eigenvalue weighted by molar-refractivity contribution is 0.963. The van der Waals surface area contributed by atoms with Crippen LogP contribution in [0.4, 0.5) is 5.82 Å². The van der Waals surface area contributed by atoms with Gasteiger partial charge in [-0.05, 0) is 55.0 Å². The van der Waals surface area contributed by atoms with Gasteiger partial charge < -0.3 is 5.32 Å². The van der Waals surface area contributed by atoms with Crippen LogP contribution in [0.3, 0.4) is 0 Å². The molecule has 0 spiro atoms. The zero-order chi connectivity index (χ0) is 13.8. The number of benzene rings is 1. The first-order valence-corrected chi connectivity index (χ1v) is 7.53. The Morgan fingerprint density at radius 2 is 1.84 bits per heavy atom. The quantitative estimate of drug-likeness (QED) is 0.824. The molecule has 2 rings (SSSR count).